The van der Waals surface area contributed by atoms with Crippen molar-refractivity contribution in [2.45, 2.75) is 26.8 Å². The van der Waals surface area contributed by atoms with Crippen molar-refractivity contribution in [3.63, 3.8) is 0 Å². The molecule has 0 aromatic carbocycles. The van der Waals surface area contributed by atoms with Crippen LogP contribution in [0.1, 0.15) is 20.8 Å². The highest BCUT2D eigenvalue weighted by atomic mass is 79.9. The molecule has 0 aliphatic rings. The Bertz CT molecular complexity index is 382. The van der Waals surface area contributed by atoms with E-state index < -0.39 is 0 Å². The molecule has 1 amide bonds. The van der Waals surface area contributed by atoms with E-state index in [1.807, 2.05) is 31.7 Å². The zero-order valence-corrected chi connectivity index (χ0v) is 12.0. The average Bonchev–Trinajstić information content (AvgIpc) is 2.26. The van der Waals surface area contributed by atoms with Crippen molar-refractivity contribution in [2.75, 3.05) is 18.0 Å². The summed E-state index contributed by atoms with van der Waals surface area (Å²) in [6.07, 6.45) is 3.46. The minimum absolute atomic E-state index is 0.0329. The highest BCUT2D eigenvalue weighted by Gasteiger charge is 2.12. The van der Waals surface area contributed by atoms with Crippen LogP contribution in [0.2, 0.25) is 0 Å². The second kappa shape index (κ2) is 6.59. The Kier molecular flexibility index (Phi) is 5.41. The molecule has 0 aliphatic carbocycles. The monoisotopic (exact) mass is 299 g/mol. The Balaban J connectivity index is 2.73. The number of hydrogen-bond donors (Lipinski definition) is 1. The van der Waals surface area contributed by atoms with Crippen molar-refractivity contribution < 1.29 is 4.79 Å². The van der Waals surface area contributed by atoms with Crippen molar-refractivity contribution in [3.05, 3.63) is 22.9 Å². The van der Waals surface area contributed by atoms with E-state index in [0.717, 1.165) is 16.7 Å². The molecule has 0 radical (unpaired) electrons. The molecule has 0 unspecified atom stereocenters. The fraction of sp³-hybridized carbons (Fsp3) is 0.500. The van der Waals surface area contributed by atoms with Crippen molar-refractivity contribution in [3.8, 4) is 0 Å². The lowest BCUT2D eigenvalue weighted by Crippen LogP contribution is -2.40. The molecule has 4 nitrogen and oxygen atoms in total. The third-order valence-electron chi connectivity index (χ3n) is 2.26. The Morgan fingerprint density at radius 1 is 1.59 bits per heavy atom. The van der Waals surface area contributed by atoms with Gasteiger partial charge in [-0.15, -0.1) is 0 Å². The lowest BCUT2D eigenvalue weighted by atomic mass is 10.3. The molecule has 0 atom stereocenters. The number of likely N-dealkylation sites (N-methyl/N-ethyl adjacent to an activating group) is 1. The molecule has 0 saturated heterocycles. The zero-order chi connectivity index (χ0) is 12.8. The average molecular weight is 300 g/mol. The van der Waals surface area contributed by atoms with Crippen LogP contribution < -0.4 is 10.2 Å². The summed E-state index contributed by atoms with van der Waals surface area (Å²) in [7, 11) is 0. The molecule has 94 valence electrons. The molecule has 17 heavy (non-hydrogen) atoms. The second-order valence-corrected chi connectivity index (χ2v) is 4.92. The molecule has 1 aromatic heterocycles. The van der Waals surface area contributed by atoms with Crippen LogP contribution in [0.4, 0.5) is 5.69 Å². The number of anilines is 1. The summed E-state index contributed by atoms with van der Waals surface area (Å²) in [4.78, 5) is 17.7. The molecule has 0 bridgehead atoms. The van der Waals surface area contributed by atoms with Crippen molar-refractivity contribution in [2.24, 2.45) is 0 Å². The summed E-state index contributed by atoms with van der Waals surface area (Å²) in [5, 5.41) is 2.89. The molecule has 1 rings (SSSR count). The van der Waals surface area contributed by atoms with Gasteiger partial charge < -0.3 is 10.2 Å². The number of rotatable bonds is 5. The SMILES string of the molecule is CCN(CC(=O)NC(C)C)c1ccncc1Br. The van der Waals surface area contributed by atoms with Gasteiger partial charge in [-0.3, -0.25) is 9.78 Å². The van der Waals surface area contributed by atoms with Crippen LogP contribution in [0.3, 0.4) is 0 Å². The number of nitrogens with one attached hydrogen (secondary N) is 1. The number of carbonyl (C=O) groups excluding carboxylic acids is 1. The number of hydrogen-bond acceptors (Lipinski definition) is 3. The summed E-state index contributed by atoms with van der Waals surface area (Å²) in [6.45, 7) is 7.06. The number of pyridine rings is 1. The predicted octanol–water partition coefficient (Wildman–Crippen LogP) is 2.19. The van der Waals surface area contributed by atoms with E-state index in [4.69, 9.17) is 0 Å². The first kappa shape index (κ1) is 14.0. The minimum atomic E-state index is 0.0329. The van der Waals surface area contributed by atoms with E-state index in [1.165, 1.54) is 0 Å². The van der Waals surface area contributed by atoms with Crippen LogP contribution in [0, 0.1) is 0 Å². The van der Waals surface area contributed by atoms with Crippen molar-refractivity contribution >= 4 is 27.5 Å². The standard InChI is InChI=1S/C12H18BrN3O/c1-4-16(8-12(17)15-9(2)3)11-5-6-14-7-10(11)13/h5-7,9H,4,8H2,1-3H3,(H,15,17). The molecule has 5 heteroatoms. The molecular weight excluding hydrogens is 282 g/mol. The number of amides is 1. The Labute approximate surface area is 111 Å². The molecule has 0 saturated carbocycles. The van der Waals surface area contributed by atoms with Gasteiger partial charge in [-0.2, -0.15) is 0 Å². The van der Waals surface area contributed by atoms with Crippen LogP contribution in [0.5, 0.6) is 0 Å². The summed E-state index contributed by atoms with van der Waals surface area (Å²) < 4.78 is 0.902. The molecule has 0 fully saturated rings. The van der Waals surface area contributed by atoms with Gasteiger partial charge >= 0.3 is 0 Å². The van der Waals surface area contributed by atoms with Gasteiger partial charge in [0, 0.05) is 25.0 Å². The van der Waals surface area contributed by atoms with Crippen LogP contribution in [-0.4, -0.2) is 30.0 Å². The Morgan fingerprint density at radius 2 is 2.29 bits per heavy atom. The van der Waals surface area contributed by atoms with Gasteiger partial charge in [-0.25, -0.2) is 0 Å². The lowest BCUT2D eigenvalue weighted by Gasteiger charge is -2.24. The number of nitrogens with zero attached hydrogens (tertiary/aromatic N) is 2. The van der Waals surface area contributed by atoms with Crippen molar-refractivity contribution in [1.29, 1.82) is 0 Å². The summed E-state index contributed by atoms with van der Waals surface area (Å²) in [5.74, 6) is 0.0329. The van der Waals surface area contributed by atoms with Gasteiger partial charge in [-0.1, -0.05) is 0 Å². The van der Waals surface area contributed by atoms with E-state index in [9.17, 15) is 4.79 Å². The Hall–Kier alpha value is -1.10. The fourth-order valence-corrected chi connectivity index (χ4v) is 2.03. The predicted molar refractivity (Wildman–Crippen MR) is 73.1 cm³/mol. The molecule has 0 aliphatic heterocycles. The highest BCUT2D eigenvalue weighted by Crippen LogP contribution is 2.24. The molecule has 1 aromatic rings. The van der Waals surface area contributed by atoms with E-state index in [-0.39, 0.29) is 11.9 Å². The third-order valence-corrected chi connectivity index (χ3v) is 2.87. The van der Waals surface area contributed by atoms with Crippen LogP contribution >= 0.6 is 15.9 Å². The molecule has 0 spiro atoms. The maximum atomic E-state index is 11.7. The molecular formula is C12H18BrN3O. The van der Waals surface area contributed by atoms with E-state index in [1.54, 1.807) is 12.4 Å². The van der Waals surface area contributed by atoms with Gasteiger partial charge in [0.25, 0.3) is 0 Å². The van der Waals surface area contributed by atoms with E-state index >= 15 is 0 Å². The number of carbonyl (C=O) groups is 1. The van der Waals surface area contributed by atoms with Crippen LogP contribution in [-0.2, 0) is 4.79 Å². The van der Waals surface area contributed by atoms with Crippen LogP contribution in [0.25, 0.3) is 0 Å². The normalized spacial score (nSPS) is 10.4. The van der Waals surface area contributed by atoms with Gasteiger partial charge in [0.05, 0.1) is 16.7 Å². The Morgan fingerprint density at radius 3 is 2.82 bits per heavy atom. The van der Waals surface area contributed by atoms with Gasteiger partial charge in [0.2, 0.25) is 5.91 Å². The summed E-state index contributed by atoms with van der Waals surface area (Å²) in [5.41, 5.74) is 0.987. The highest BCUT2D eigenvalue weighted by molar-refractivity contribution is 9.10. The number of aromatic nitrogens is 1. The zero-order valence-electron chi connectivity index (χ0n) is 10.4. The van der Waals surface area contributed by atoms with E-state index in [2.05, 4.69) is 26.2 Å². The van der Waals surface area contributed by atoms with Crippen molar-refractivity contribution in [1.82, 2.24) is 10.3 Å². The fourth-order valence-electron chi connectivity index (χ4n) is 1.53. The first-order chi connectivity index (χ1) is 8.04. The lowest BCUT2D eigenvalue weighted by molar-refractivity contribution is -0.120. The third kappa shape index (κ3) is 4.34. The molecule has 1 N–H and O–H groups in total. The van der Waals surface area contributed by atoms with Gasteiger partial charge in [0.15, 0.2) is 0 Å². The smallest absolute Gasteiger partial charge is 0.239 e. The largest absolute Gasteiger partial charge is 0.361 e. The first-order valence-electron chi connectivity index (χ1n) is 5.68. The quantitative estimate of drug-likeness (QED) is 0.906. The number of halogens is 1. The second-order valence-electron chi connectivity index (χ2n) is 4.06. The van der Waals surface area contributed by atoms with E-state index in [0.29, 0.717) is 6.54 Å². The summed E-state index contributed by atoms with van der Waals surface area (Å²) >= 11 is 3.44. The molecule has 1 heterocycles. The van der Waals surface area contributed by atoms with Crippen LogP contribution in [0.15, 0.2) is 22.9 Å². The topological polar surface area (TPSA) is 45.2 Å². The van der Waals surface area contributed by atoms with Gasteiger partial charge in [0.1, 0.15) is 0 Å². The van der Waals surface area contributed by atoms with Gasteiger partial charge in [-0.05, 0) is 42.8 Å². The first-order valence-corrected chi connectivity index (χ1v) is 6.47. The summed E-state index contributed by atoms with van der Waals surface area (Å²) in [6, 6.07) is 2.07. The minimum Gasteiger partial charge on any atom is -0.361 e. The maximum Gasteiger partial charge on any atom is 0.239 e. The maximum absolute atomic E-state index is 11.7.